The number of hydrogen-bond acceptors (Lipinski definition) is 6. The first-order valence-electron chi connectivity index (χ1n) is 12.2. The van der Waals surface area contributed by atoms with Gasteiger partial charge in [0.25, 0.3) is 5.91 Å². The summed E-state index contributed by atoms with van der Waals surface area (Å²) in [5.74, 6) is 1.16. The minimum atomic E-state index is -0.417. The SMILES string of the molecule is CC(=N)C1(C=N)[C@@H]2CC[C@@H](CNC(=O)c3cccc4nc(CC(=O)N5CC(CN)C5)cn34)[C@H]1C2. The second-order valence-corrected chi connectivity index (χ2v) is 10.2. The highest BCUT2D eigenvalue weighted by Crippen LogP contribution is 2.61. The van der Waals surface area contributed by atoms with Crippen molar-refractivity contribution >= 4 is 29.4 Å². The van der Waals surface area contributed by atoms with Gasteiger partial charge in [0.1, 0.15) is 11.3 Å². The average molecular weight is 464 g/mol. The van der Waals surface area contributed by atoms with Gasteiger partial charge in [0.2, 0.25) is 5.91 Å². The van der Waals surface area contributed by atoms with Crippen LogP contribution in [0.2, 0.25) is 0 Å². The van der Waals surface area contributed by atoms with E-state index < -0.39 is 5.41 Å². The first-order valence-corrected chi connectivity index (χ1v) is 12.2. The minimum absolute atomic E-state index is 0.0337. The highest BCUT2D eigenvalue weighted by atomic mass is 16.2. The van der Waals surface area contributed by atoms with Crippen LogP contribution in [-0.2, 0) is 11.2 Å². The first-order chi connectivity index (χ1) is 16.4. The molecule has 1 unspecified atom stereocenters. The summed E-state index contributed by atoms with van der Waals surface area (Å²) in [5, 5.41) is 19.3. The lowest BCUT2D eigenvalue weighted by Gasteiger charge is -2.61. The van der Waals surface area contributed by atoms with Crippen molar-refractivity contribution in [1.82, 2.24) is 19.6 Å². The van der Waals surface area contributed by atoms with Crippen molar-refractivity contribution in [2.75, 3.05) is 26.2 Å². The van der Waals surface area contributed by atoms with Crippen LogP contribution in [-0.4, -0.2) is 64.2 Å². The van der Waals surface area contributed by atoms with E-state index in [1.165, 1.54) is 6.21 Å². The van der Waals surface area contributed by atoms with Crippen LogP contribution in [0.25, 0.3) is 5.65 Å². The minimum Gasteiger partial charge on any atom is -0.350 e. The summed E-state index contributed by atoms with van der Waals surface area (Å²) in [6.07, 6.45) is 6.51. The normalized spacial score (nSPS) is 28.2. The van der Waals surface area contributed by atoms with Crippen molar-refractivity contribution in [2.45, 2.75) is 32.6 Å². The molecule has 6 rings (SSSR count). The van der Waals surface area contributed by atoms with Gasteiger partial charge in [-0.1, -0.05) is 6.07 Å². The number of amides is 2. The van der Waals surface area contributed by atoms with Crippen LogP contribution in [0.4, 0.5) is 0 Å². The van der Waals surface area contributed by atoms with Gasteiger partial charge < -0.3 is 26.8 Å². The third-order valence-corrected chi connectivity index (χ3v) is 8.45. The highest BCUT2D eigenvalue weighted by Gasteiger charge is 2.60. The van der Waals surface area contributed by atoms with E-state index in [2.05, 4.69) is 10.3 Å². The quantitative estimate of drug-likeness (QED) is 0.443. The molecule has 4 fully saturated rings. The van der Waals surface area contributed by atoms with Gasteiger partial charge in [-0.2, -0.15) is 0 Å². The number of rotatable bonds is 8. The predicted molar refractivity (Wildman–Crippen MR) is 129 cm³/mol. The van der Waals surface area contributed by atoms with Gasteiger partial charge in [0, 0.05) is 49.1 Å². The maximum atomic E-state index is 13.1. The zero-order valence-corrected chi connectivity index (χ0v) is 19.6. The summed E-state index contributed by atoms with van der Waals surface area (Å²) in [7, 11) is 0. The summed E-state index contributed by atoms with van der Waals surface area (Å²) in [6, 6.07) is 5.40. The van der Waals surface area contributed by atoms with Crippen LogP contribution in [0.5, 0.6) is 0 Å². The number of likely N-dealkylation sites (tertiary alicyclic amines) is 1. The molecule has 3 aliphatic carbocycles. The molecule has 4 atom stereocenters. The van der Waals surface area contributed by atoms with Crippen LogP contribution in [0.15, 0.2) is 24.4 Å². The molecule has 3 saturated carbocycles. The third-order valence-electron chi connectivity index (χ3n) is 8.45. The summed E-state index contributed by atoms with van der Waals surface area (Å²) in [6.45, 7) is 4.35. The van der Waals surface area contributed by atoms with Crippen molar-refractivity contribution in [3.8, 4) is 0 Å². The number of carbonyl (C=O) groups excluding carboxylic acids is 2. The van der Waals surface area contributed by atoms with Gasteiger partial charge >= 0.3 is 0 Å². The lowest BCUT2D eigenvalue weighted by atomic mass is 9.43. The molecule has 1 saturated heterocycles. The molecule has 180 valence electrons. The van der Waals surface area contributed by atoms with Gasteiger partial charge in [0.15, 0.2) is 0 Å². The van der Waals surface area contributed by atoms with Gasteiger partial charge in [-0.05, 0) is 62.6 Å². The molecule has 3 heterocycles. The lowest BCUT2D eigenvalue weighted by Crippen LogP contribution is -2.61. The monoisotopic (exact) mass is 463 g/mol. The largest absolute Gasteiger partial charge is 0.350 e. The molecule has 2 aromatic heterocycles. The second-order valence-electron chi connectivity index (χ2n) is 10.2. The van der Waals surface area contributed by atoms with Crippen molar-refractivity contribution < 1.29 is 9.59 Å². The number of nitrogens with two attached hydrogens (primary N) is 1. The lowest BCUT2D eigenvalue weighted by molar-refractivity contribution is -0.136. The Bertz CT molecular complexity index is 1150. The summed E-state index contributed by atoms with van der Waals surface area (Å²) < 4.78 is 1.75. The highest BCUT2D eigenvalue weighted by molar-refractivity contribution is 6.01. The summed E-state index contributed by atoms with van der Waals surface area (Å²) >= 11 is 0. The molecular formula is C25H33N7O2. The Hall–Kier alpha value is -3.07. The standard InChI is InChI=1S/C25H33N7O2/c1-15(28)25(14-27)18-6-5-17(20(25)7-18)10-29-24(34)21-3-2-4-22-30-19(13-32(21)22)8-23(33)31-11-16(9-26)12-31/h2-4,13-14,16-18,20,27-28H,5-12,26H2,1H3,(H,29,34)/t17-,18+,20+,25?/m0/s1. The fourth-order valence-corrected chi connectivity index (χ4v) is 6.39. The van der Waals surface area contributed by atoms with E-state index in [0.717, 1.165) is 19.3 Å². The zero-order valence-electron chi connectivity index (χ0n) is 19.6. The van der Waals surface area contributed by atoms with Crippen LogP contribution >= 0.6 is 0 Å². The second kappa shape index (κ2) is 8.61. The van der Waals surface area contributed by atoms with Crippen LogP contribution in [0.1, 0.15) is 42.4 Å². The number of aromatic nitrogens is 2. The van der Waals surface area contributed by atoms with Crippen LogP contribution in [0.3, 0.4) is 0 Å². The van der Waals surface area contributed by atoms with Crippen molar-refractivity contribution in [1.29, 1.82) is 10.8 Å². The Labute approximate surface area is 199 Å². The number of nitrogens with one attached hydrogen (secondary N) is 3. The molecule has 9 heteroatoms. The van der Waals surface area contributed by atoms with Crippen molar-refractivity contribution in [2.24, 2.45) is 34.8 Å². The van der Waals surface area contributed by atoms with E-state index in [4.69, 9.17) is 16.6 Å². The maximum absolute atomic E-state index is 13.1. The van der Waals surface area contributed by atoms with Crippen LogP contribution < -0.4 is 11.1 Å². The number of imidazole rings is 1. The van der Waals surface area contributed by atoms with Gasteiger partial charge in [-0.3, -0.25) is 14.0 Å². The summed E-state index contributed by atoms with van der Waals surface area (Å²) in [5.41, 5.74) is 7.57. The fraction of sp³-hybridized carbons (Fsp3) is 0.560. The number of carbonyl (C=O) groups is 2. The Morgan fingerprint density at radius 2 is 2.12 bits per heavy atom. The molecule has 34 heavy (non-hydrogen) atoms. The average Bonchev–Trinajstić information content (AvgIpc) is 3.19. The van der Waals surface area contributed by atoms with Gasteiger partial charge in [0.05, 0.1) is 12.1 Å². The molecular weight excluding hydrogens is 430 g/mol. The molecule has 0 aromatic carbocycles. The van der Waals surface area contributed by atoms with Gasteiger partial charge in [-0.15, -0.1) is 0 Å². The van der Waals surface area contributed by atoms with Crippen LogP contribution in [0, 0.1) is 39.9 Å². The molecule has 9 nitrogen and oxygen atoms in total. The smallest absolute Gasteiger partial charge is 0.268 e. The molecule has 5 N–H and O–H groups in total. The molecule has 2 aromatic rings. The van der Waals surface area contributed by atoms with E-state index in [1.807, 2.05) is 13.0 Å². The van der Waals surface area contributed by atoms with E-state index in [-0.39, 0.29) is 30.1 Å². The molecule has 2 bridgehead atoms. The van der Waals surface area contributed by atoms with E-state index in [0.29, 0.717) is 60.8 Å². The number of nitrogens with zero attached hydrogens (tertiary/aromatic N) is 3. The van der Waals surface area contributed by atoms with Crippen molar-refractivity contribution in [3.63, 3.8) is 0 Å². The Morgan fingerprint density at radius 3 is 2.79 bits per heavy atom. The summed E-state index contributed by atoms with van der Waals surface area (Å²) in [4.78, 5) is 32.0. The zero-order chi connectivity index (χ0) is 24.0. The van der Waals surface area contributed by atoms with E-state index in [9.17, 15) is 9.59 Å². The topological polar surface area (TPSA) is 140 Å². The molecule has 0 radical (unpaired) electrons. The molecule has 0 spiro atoms. The third kappa shape index (κ3) is 3.53. The first kappa shape index (κ1) is 22.7. The number of pyridine rings is 1. The number of hydrogen-bond donors (Lipinski definition) is 4. The Morgan fingerprint density at radius 1 is 1.32 bits per heavy atom. The van der Waals surface area contributed by atoms with Crippen molar-refractivity contribution in [3.05, 3.63) is 35.8 Å². The fourth-order valence-electron chi connectivity index (χ4n) is 6.39. The Kier molecular flexibility index (Phi) is 5.75. The predicted octanol–water partition coefficient (Wildman–Crippen LogP) is 1.75. The maximum Gasteiger partial charge on any atom is 0.268 e. The Balaban J connectivity index is 1.25. The number of fused-ring (bicyclic) bond motifs is 3. The van der Waals surface area contributed by atoms with E-state index >= 15 is 0 Å². The van der Waals surface area contributed by atoms with E-state index in [1.54, 1.807) is 27.6 Å². The molecule has 1 aliphatic heterocycles. The molecule has 4 aliphatic rings. The molecule has 2 amide bonds. The van der Waals surface area contributed by atoms with Gasteiger partial charge in [-0.25, -0.2) is 4.98 Å².